The van der Waals surface area contributed by atoms with Gasteiger partial charge in [0.25, 0.3) is 0 Å². The number of oxazole rings is 1. The second-order valence-corrected chi connectivity index (χ2v) is 13.2. The molecule has 1 amide bonds. The zero-order chi connectivity index (χ0) is 27.9. The number of hydrogen-bond donors (Lipinski definition) is 0. The van der Waals surface area contributed by atoms with E-state index in [2.05, 4.69) is 27.2 Å². The van der Waals surface area contributed by atoms with E-state index in [0.717, 1.165) is 68.0 Å². The van der Waals surface area contributed by atoms with Crippen molar-refractivity contribution in [1.29, 1.82) is 0 Å². The number of fused-ring (bicyclic) bond motifs is 3. The lowest BCUT2D eigenvalue weighted by Crippen LogP contribution is -2.51. The first kappa shape index (κ1) is 26.7. The average Bonchev–Trinajstić information content (AvgIpc) is 3.54. The highest BCUT2D eigenvalue weighted by atomic mass is 16.6. The van der Waals surface area contributed by atoms with Crippen molar-refractivity contribution in [3.05, 3.63) is 42.2 Å². The molecule has 3 aromatic rings. The molecule has 0 atom stereocenters. The van der Waals surface area contributed by atoms with E-state index in [1.165, 1.54) is 44.9 Å². The van der Waals surface area contributed by atoms with Gasteiger partial charge in [-0.2, -0.15) is 9.97 Å². The van der Waals surface area contributed by atoms with Crippen LogP contribution in [0.15, 0.2) is 39.4 Å². The van der Waals surface area contributed by atoms with Crippen molar-refractivity contribution in [2.24, 2.45) is 11.3 Å². The van der Waals surface area contributed by atoms with Gasteiger partial charge in [0.15, 0.2) is 11.6 Å². The molecule has 5 aliphatic carbocycles. The van der Waals surface area contributed by atoms with Gasteiger partial charge in [0.2, 0.25) is 11.8 Å². The highest BCUT2D eigenvalue weighted by molar-refractivity contribution is 5.94. The van der Waals surface area contributed by atoms with E-state index in [4.69, 9.17) is 18.7 Å². The third-order valence-electron chi connectivity index (χ3n) is 10.4. The summed E-state index contributed by atoms with van der Waals surface area (Å²) in [6, 6.07) is 8.19. The number of nitrogens with zero attached hydrogens (tertiary/aromatic N) is 4. The molecule has 0 unspecified atom stereocenters. The maximum atomic E-state index is 14.1. The van der Waals surface area contributed by atoms with Crippen molar-refractivity contribution in [1.82, 2.24) is 15.1 Å². The number of rotatable bonds is 10. The van der Waals surface area contributed by atoms with Gasteiger partial charge in [-0.25, -0.2) is 0 Å². The van der Waals surface area contributed by atoms with Crippen LogP contribution in [-0.2, 0) is 10.2 Å². The summed E-state index contributed by atoms with van der Waals surface area (Å²) < 4.78 is 17.1. The fourth-order valence-electron chi connectivity index (χ4n) is 7.60. The van der Waals surface area contributed by atoms with Crippen molar-refractivity contribution in [2.75, 3.05) is 18.1 Å². The molecule has 0 aliphatic heterocycles. The SMILES string of the molecule is CCOc1ncc(-c2cccc(N(CC34CCC(c5nc(C6CC6)no5)(CC3)CC4)C(=O)CC3CCCCC3)c2)o1. The zero-order valence-corrected chi connectivity index (χ0v) is 24.3. The third-order valence-corrected chi connectivity index (χ3v) is 10.4. The number of carbonyl (C=O) groups excluding carboxylic acids is 1. The topological polar surface area (TPSA) is 94.5 Å². The number of benzene rings is 1. The van der Waals surface area contributed by atoms with Crippen molar-refractivity contribution in [3.63, 3.8) is 0 Å². The van der Waals surface area contributed by atoms with Gasteiger partial charge >= 0.3 is 6.08 Å². The molecule has 8 nitrogen and oxygen atoms in total. The van der Waals surface area contributed by atoms with E-state index in [1.54, 1.807) is 6.20 Å². The number of anilines is 1. The molecule has 0 radical (unpaired) electrons. The van der Waals surface area contributed by atoms with Crippen molar-refractivity contribution in [3.8, 4) is 17.4 Å². The van der Waals surface area contributed by atoms with Crippen LogP contribution < -0.4 is 9.64 Å². The Morgan fingerprint density at radius 1 is 1.05 bits per heavy atom. The fraction of sp³-hybridized carbons (Fsp3) is 0.636. The second-order valence-electron chi connectivity index (χ2n) is 13.2. The summed E-state index contributed by atoms with van der Waals surface area (Å²) in [7, 11) is 0. The van der Waals surface area contributed by atoms with Gasteiger partial charge in [0.05, 0.1) is 12.8 Å². The van der Waals surface area contributed by atoms with Crippen LogP contribution in [0.25, 0.3) is 11.3 Å². The number of amides is 1. The van der Waals surface area contributed by atoms with Gasteiger partial charge < -0.3 is 18.6 Å². The second kappa shape index (κ2) is 10.9. The van der Waals surface area contributed by atoms with Gasteiger partial charge in [-0.1, -0.05) is 36.6 Å². The van der Waals surface area contributed by atoms with Gasteiger partial charge in [-0.3, -0.25) is 4.79 Å². The Bertz CT molecular complexity index is 1340. The summed E-state index contributed by atoms with van der Waals surface area (Å²) in [4.78, 5) is 25.3. The Balaban J connectivity index is 1.12. The van der Waals surface area contributed by atoms with Gasteiger partial charge in [-0.15, -0.1) is 0 Å². The van der Waals surface area contributed by atoms with Crippen LogP contribution in [0.4, 0.5) is 5.69 Å². The van der Waals surface area contributed by atoms with Gasteiger partial charge in [-0.05, 0) is 94.6 Å². The summed E-state index contributed by atoms with van der Waals surface area (Å²) >= 11 is 0. The van der Waals surface area contributed by atoms with Crippen molar-refractivity contribution < 1.29 is 18.5 Å². The zero-order valence-electron chi connectivity index (χ0n) is 24.3. The molecule has 2 heterocycles. The van der Waals surface area contributed by atoms with Crippen LogP contribution in [0.2, 0.25) is 0 Å². The molecule has 0 spiro atoms. The summed E-state index contributed by atoms with van der Waals surface area (Å²) in [6.07, 6.45) is 17.5. The first-order valence-electron chi connectivity index (χ1n) is 15.9. The summed E-state index contributed by atoms with van der Waals surface area (Å²) in [5.74, 6) is 3.69. The quantitative estimate of drug-likeness (QED) is 0.253. The predicted molar refractivity (Wildman–Crippen MR) is 155 cm³/mol. The third kappa shape index (κ3) is 5.42. The number of carbonyl (C=O) groups is 1. The molecule has 2 bridgehead atoms. The fourth-order valence-corrected chi connectivity index (χ4v) is 7.60. The standard InChI is InChI=1S/C33H42N4O4/c1-2-39-31-34-21-27(40-31)25-9-6-10-26(20-25)37(28(38)19-23-7-4-3-5-8-23)22-32-13-16-33(17-14-32,18-15-32)30-35-29(36-41-30)24-11-12-24/h6,9-10,20-21,23-24H,2-5,7-8,11-19,22H2,1H3. The highest BCUT2D eigenvalue weighted by Gasteiger charge is 2.53. The minimum Gasteiger partial charge on any atom is -0.450 e. The average molecular weight is 559 g/mol. The molecule has 218 valence electrons. The van der Waals surface area contributed by atoms with E-state index in [-0.39, 0.29) is 22.8 Å². The lowest BCUT2D eigenvalue weighted by Gasteiger charge is -2.53. The minimum absolute atomic E-state index is 0.0172. The van der Waals surface area contributed by atoms with Crippen LogP contribution in [-0.4, -0.2) is 34.2 Å². The highest BCUT2D eigenvalue weighted by Crippen LogP contribution is 2.58. The Labute approximate surface area is 242 Å². The van der Waals surface area contributed by atoms with Crippen molar-refractivity contribution >= 4 is 11.6 Å². The Kier molecular flexibility index (Phi) is 7.11. The molecular weight excluding hydrogens is 516 g/mol. The number of ether oxygens (including phenoxy) is 1. The van der Waals surface area contributed by atoms with Crippen molar-refractivity contribution in [2.45, 2.75) is 108 Å². The number of hydrogen-bond acceptors (Lipinski definition) is 7. The predicted octanol–water partition coefficient (Wildman–Crippen LogP) is 7.60. The van der Waals surface area contributed by atoms with Crippen LogP contribution >= 0.6 is 0 Å². The molecule has 41 heavy (non-hydrogen) atoms. The van der Waals surface area contributed by atoms with E-state index in [9.17, 15) is 4.79 Å². The Morgan fingerprint density at radius 2 is 1.83 bits per heavy atom. The molecule has 1 aromatic carbocycles. The van der Waals surface area contributed by atoms with Crippen LogP contribution in [0.1, 0.15) is 114 Å². The molecule has 5 aliphatic rings. The van der Waals surface area contributed by atoms with E-state index >= 15 is 0 Å². The maximum absolute atomic E-state index is 14.1. The Hall–Kier alpha value is -3.16. The molecule has 2 aromatic heterocycles. The normalized spacial score (nSPS) is 26.3. The molecule has 5 saturated carbocycles. The van der Waals surface area contributed by atoms with Crippen LogP contribution in [0.5, 0.6) is 6.08 Å². The molecule has 8 heteroatoms. The van der Waals surface area contributed by atoms with E-state index in [0.29, 0.717) is 30.6 Å². The lowest BCUT2D eigenvalue weighted by atomic mass is 9.53. The molecule has 5 fully saturated rings. The lowest BCUT2D eigenvalue weighted by molar-refractivity contribution is -0.120. The van der Waals surface area contributed by atoms with Gasteiger partial charge in [0, 0.05) is 35.5 Å². The molecular formula is C33H42N4O4. The van der Waals surface area contributed by atoms with E-state index < -0.39 is 0 Å². The first-order valence-corrected chi connectivity index (χ1v) is 15.9. The van der Waals surface area contributed by atoms with E-state index in [1.807, 2.05) is 19.1 Å². The summed E-state index contributed by atoms with van der Waals surface area (Å²) in [5.41, 5.74) is 1.99. The summed E-state index contributed by atoms with van der Waals surface area (Å²) in [6.45, 7) is 3.17. The largest absolute Gasteiger partial charge is 0.450 e. The smallest absolute Gasteiger partial charge is 0.394 e. The minimum atomic E-state index is 0.0172. The van der Waals surface area contributed by atoms with Crippen LogP contribution in [0.3, 0.4) is 0 Å². The monoisotopic (exact) mass is 558 g/mol. The molecule has 0 saturated heterocycles. The Morgan fingerprint density at radius 3 is 2.56 bits per heavy atom. The van der Waals surface area contributed by atoms with Gasteiger partial charge in [0.1, 0.15) is 0 Å². The van der Waals surface area contributed by atoms with Crippen LogP contribution in [0, 0.1) is 11.3 Å². The molecule has 0 N–H and O–H groups in total. The summed E-state index contributed by atoms with van der Waals surface area (Å²) in [5, 5.41) is 4.33. The molecule has 8 rings (SSSR count). The maximum Gasteiger partial charge on any atom is 0.394 e. The first-order chi connectivity index (χ1) is 20.0. The number of aromatic nitrogens is 3.